The Morgan fingerprint density at radius 1 is 1.38 bits per heavy atom. The third-order valence-electron chi connectivity index (χ3n) is 4.18. The second kappa shape index (κ2) is 7.25. The summed E-state index contributed by atoms with van der Waals surface area (Å²) in [6.07, 6.45) is 2.57. The van der Waals surface area contributed by atoms with Gasteiger partial charge in [0.1, 0.15) is 5.82 Å². The van der Waals surface area contributed by atoms with E-state index in [4.69, 9.17) is 0 Å². The monoisotopic (exact) mass is 346 g/mol. The molecule has 7 heteroatoms. The van der Waals surface area contributed by atoms with E-state index >= 15 is 0 Å². The second-order valence-electron chi connectivity index (χ2n) is 5.76. The van der Waals surface area contributed by atoms with Gasteiger partial charge < -0.3 is 5.32 Å². The van der Waals surface area contributed by atoms with Gasteiger partial charge >= 0.3 is 0 Å². The lowest BCUT2D eigenvalue weighted by Gasteiger charge is -2.23. The van der Waals surface area contributed by atoms with E-state index in [-0.39, 0.29) is 11.9 Å². The highest BCUT2D eigenvalue weighted by atomic mass is 32.2. The van der Waals surface area contributed by atoms with E-state index in [1.54, 1.807) is 18.2 Å². The lowest BCUT2D eigenvalue weighted by molar-refractivity contribution is 0.0924. The van der Waals surface area contributed by atoms with Crippen molar-refractivity contribution >= 4 is 16.7 Å². The van der Waals surface area contributed by atoms with E-state index in [1.165, 1.54) is 0 Å². The third-order valence-corrected chi connectivity index (χ3v) is 5.55. The molecule has 1 aromatic carbocycles. The van der Waals surface area contributed by atoms with Crippen LogP contribution in [-0.2, 0) is 23.8 Å². The summed E-state index contributed by atoms with van der Waals surface area (Å²) in [6, 6.07) is 6.94. The molecule has 2 atom stereocenters. The zero-order chi connectivity index (χ0) is 17.1. The number of hydrogen-bond donors (Lipinski definition) is 1. The summed E-state index contributed by atoms with van der Waals surface area (Å²) in [4.78, 5) is 17.9. The summed E-state index contributed by atoms with van der Waals surface area (Å²) in [7, 11) is -1.17. The first-order chi connectivity index (χ1) is 11.6. The van der Waals surface area contributed by atoms with E-state index in [0.29, 0.717) is 16.2 Å². The Hall–Kier alpha value is -2.02. The Bertz CT molecular complexity index is 772. The standard InChI is InChI=1S/C17H22N4O2S/c1-3-15-19-16-13(9-7-11-21(16)20-15)18-17(22)12-8-5-6-10-14(12)24(23)4-2/h5-6,8,10,13H,3-4,7,9,11H2,1-2H3,(H,18,22)/t13-,24+/m1/s1. The molecule has 1 amide bonds. The van der Waals surface area contributed by atoms with Gasteiger partial charge in [-0.15, -0.1) is 0 Å². The number of aromatic nitrogens is 3. The van der Waals surface area contributed by atoms with Crippen molar-refractivity contribution in [2.45, 2.75) is 50.6 Å². The Balaban J connectivity index is 1.84. The first-order valence-corrected chi connectivity index (χ1v) is 9.67. The van der Waals surface area contributed by atoms with Crippen LogP contribution in [-0.4, -0.2) is 30.6 Å². The van der Waals surface area contributed by atoms with Crippen molar-refractivity contribution < 1.29 is 9.00 Å². The molecule has 1 aromatic heterocycles. The molecule has 2 heterocycles. The minimum Gasteiger partial charge on any atom is -0.342 e. The smallest absolute Gasteiger partial charge is 0.253 e. The van der Waals surface area contributed by atoms with Gasteiger partial charge in [0.15, 0.2) is 5.82 Å². The van der Waals surface area contributed by atoms with E-state index in [9.17, 15) is 9.00 Å². The molecule has 3 rings (SSSR count). The quantitative estimate of drug-likeness (QED) is 0.901. The van der Waals surface area contributed by atoms with Crippen molar-refractivity contribution in [1.29, 1.82) is 0 Å². The molecule has 0 saturated heterocycles. The van der Waals surface area contributed by atoms with Crippen molar-refractivity contribution in [1.82, 2.24) is 20.1 Å². The average Bonchev–Trinajstić information content (AvgIpc) is 3.05. The number of nitrogens with one attached hydrogen (secondary N) is 1. The highest BCUT2D eigenvalue weighted by molar-refractivity contribution is 7.85. The summed E-state index contributed by atoms with van der Waals surface area (Å²) in [5.74, 6) is 1.91. The maximum absolute atomic E-state index is 12.7. The Labute approximate surface area is 144 Å². The molecule has 0 fully saturated rings. The zero-order valence-electron chi connectivity index (χ0n) is 14.0. The highest BCUT2D eigenvalue weighted by Crippen LogP contribution is 2.24. The number of carbonyl (C=O) groups excluding carboxylic acids is 1. The normalized spacial score (nSPS) is 18.0. The molecule has 6 nitrogen and oxygen atoms in total. The number of aryl methyl sites for hydroxylation is 2. The molecule has 1 aliphatic heterocycles. The fourth-order valence-corrected chi connectivity index (χ4v) is 3.88. The first-order valence-electron chi connectivity index (χ1n) is 8.35. The number of rotatable bonds is 5. The van der Waals surface area contributed by atoms with Crippen molar-refractivity contribution in [3.05, 3.63) is 41.5 Å². The highest BCUT2D eigenvalue weighted by Gasteiger charge is 2.26. The van der Waals surface area contributed by atoms with Crippen LogP contribution in [0.5, 0.6) is 0 Å². The number of nitrogens with zero attached hydrogens (tertiary/aromatic N) is 3. The lowest BCUT2D eigenvalue weighted by atomic mass is 10.1. The maximum atomic E-state index is 12.7. The fourth-order valence-electron chi connectivity index (χ4n) is 2.93. The molecule has 24 heavy (non-hydrogen) atoms. The average molecular weight is 346 g/mol. The summed E-state index contributed by atoms with van der Waals surface area (Å²) in [5, 5.41) is 7.52. The number of carbonyl (C=O) groups is 1. The number of benzene rings is 1. The molecule has 2 aromatic rings. The van der Waals surface area contributed by atoms with Gasteiger partial charge in [-0.25, -0.2) is 9.67 Å². The minimum absolute atomic E-state index is 0.151. The number of fused-ring (bicyclic) bond motifs is 1. The van der Waals surface area contributed by atoms with E-state index in [0.717, 1.165) is 37.5 Å². The molecule has 0 bridgehead atoms. The predicted molar refractivity (Wildman–Crippen MR) is 92.2 cm³/mol. The zero-order valence-corrected chi connectivity index (χ0v) is 14.8. The van der Waals surface area contributed by atoms with Crippen LogP contribution in [0.15, 0.2) is 29.2 Å². The van der Waals surface area contributed by atoms with Gasteiger partial charge in [-0.1, -0.05) is 26.0 Å². The molecular formula is C17H22N4O2S. The van der Waals surface area contributed by atoms with Crippen LogP contribution < -0.4 is 5.32 Å². The summed E-state index contributed by atoms with van der Waals surface area (Å²) in [5.41, 5.74) is 0.477. The molecule has 128 valence electrons. The molecule has 0 radical (unpaired) electrons. The molecule has 0 saturated carbocycles. The van der Waals surface area contributed by atoms with Crippen LogP contribution >= 0.6 is 0 Å². The van der Waals surface area contributed by atoms with Gasteiger partial charge in [-0.2, -0.15) is 5.10 Å². The molecule has 0 unspecified atom stereocenters. The van der Waals surface area contributed by atoms with Crippen molar-refractivity contribution in [2.24, 2.45) is 0 Å². The van der Waals surface area contributed by atoms with Crippen LogP contribution in [0.4, 0.5) is 0 Å². The summed E-state index contributed by atoms with van der Waals surface area (Å²) in [6.45, 7) is 4.71. The fraction of sp³-hybridized carbons (Fsp3) is 0.471. The molecule has 0 spiro atoms. The van der Waals surface area contributed by atoms with E-state index in [1.807, 2.05) is 24.6 Å². The molecular weight excluding hydrogens is 324 g/mol. The Kier molecular flexibility index (Phi) is 5.08. The lowest BCUT2D eigenvalue weighted by Crippen LogP contribution is -2.33. The van der Waals surface area contributed by atoms with Gasteiger partial charge in [-0.3, -0.25) is 9.00 Å². The van der Waals surface area contributed by atoms with E-state index in [2.05, 4.69) is 15.4 Å². The SMILES string of the molecule is CCc1nc2n(n1)CCC[C@H]2NC(=O)c1ccccc1[S@@](=O)CC. The van der Waals surface area contributed by atoms with Crippen molar-refractivity contribution in [3.8, 4) is 0 Å². The van der Waals surface area contributed by atoms with Crippen LogP contribution in [0, 0.1) is 0 Å². The van der Waals surface area contributed by atoms with Gasteiger partial charge in [0, 0.05) is 18.7 Å². The van der Waals surface area contributed by atoms with Crippen molar-refractivity contribution in [2.75, 3.05) is 5.75 Å². The first kappa shape index (κ1) is 16.8. The Morgan fingerprint density at radius 2 is 2.17 bits per heavy atom. The van der Waals surface area contributed by atoms with E-state index < -0.39 is 10.8 Å². The molecule has 1 N–H and O–H groups in total. The topological polar surface area (TPSA) is 76.9 Å². The molecule has 1 aliphatic rings. The third kappa shape index (κ3) is 3.26. The van der Waals surface area contributed by atoms with Crippen molar-refractivity contribution in [3.63, 3.8) is 0 Å². The van der Waals surface area contributed by atoms with Crippen LogP contribution in [0.2, 0.25) is 0 Å². The molecule has 0 aliphatic carbocycles. The number of amides is 1. The minimum atomic E-state index is -1.17. The van der Waals surface area contributed by atoms with Crippen LogP contribution in [0.1, 0.15) is 54.7 Å². The number of hydrogen-bond acceptors (Lipinski definition) is 4. The maximum Gasteiger partial charge on any atom is 0.253 e. The van der Waals surface area contributed by atoms with Gasteiger partial charge in [0.05, 0.1) is 27.3 Å². The van der Waals surface area contributed by atoms with Gasteiger partial charge in [0.2, 0.25) is 0 Å². The van der Waals surface area contributed by atoms with Gasteiger partial charge in [-0.05, 0) is 25.0 Å². The van der Waals surface area contributed by atoms with Gasteiger partial charge in [0.25, 0.3) is 5.91 Å². The predicted octanol–water partition coefficient (Wildman–Crippen LogP) is 2.23. The summed E-state index contributed by atoms with van der Waals surface area (Å²) >= 11 is 0. The second-order valence-corrected chi connectivity index (χ2v) is 7.47. The Morgan fingerprint density at radius 3 is 2.92 bits per heavy atom. The van der Waals surface area contributed by atoms with Crippen LogP contribution in [0.3, 0.4) is 0 Å². The summed E-state index contributed by atoms with van der Waals surface area (Å²) < 4.78 is 14.1. The van der Waals surface area contributed by atoms with Crippen LogP contribution in [0.25, 0.3) is 0 Å². The largest absolute Gasteiger partial charge is 0.342 e.